The van der Waals surface area contributed by atoms with Gasteiger partial charge in [-0.2, -0.15) is 5.26 Å². The third kappa shape index (κ3) is 2.67. The van der Waals surface area contributed by atoms with Crippen LogP contribution in [0.4, 0.5) is 10.1 Å². The molecule has 0 aliphatic carbocycles. The second-order valence-corrected chi connectivity index (χ2v) is 4.68. The molecule has 4 heteroatoms. The zero-order valence-corrected chi connectivity index (χ0v) is 11.2. The molecule has 0 atom stereocenters. The van der Waals surface area contributed by atoms with Crippen molar-refractivity contribution in [2.45, 2.75) is 6.54 Å². The number of hydrogen-bond donors (Lipinski definition) is 1. The highest BCUT2D eigenvalue weighted by Crippen LogP contribution is 2.20. The Bertz CT molecular complexity index is 837. The molecule has 1 N–H and O–H groups in total. The Morgan fingerprint density at radius 2 is 2.05 bits per heavy atom. The van der Waals surface area contributed by atoms with E-state index in [1.54, 1.807) is 18.3 Å². The van der Waals surface area contributed by atoms with Gasteiger partial charge < -0.3 is 5.32 Å². The highest BCUT2D eigenvalue weighted by molar-refractivity contribution is 5.82. The largest absolute Gasteiger partial charge is 0.380 e. The lowest BCUT2D eigenvalue weighted by Crippen LogP contribution is -2.02. The van der Waals surface area contributed by atoms with E-state index >= 15 is 0 Å². The lowest BCUT2D eigenvalue weighted by atomic mass is 10.1. The molecule has 0 saturated carbocycles. The molecule has 1 heterocycles. The van der Waals surface area contributed by atoms with Crippen LogP contribution in [0.1, 0.15) is 11.1 Å². The van der Waals surface area contributed by atoms with Gasteiger partial charge in [0.15, 0.2) is 0 Å². The first kappa shape index (κ1) is 13.1. The Morgan fingerprint density at radius 1 is 1.14 bits per heavy atom. The van der Waals surface area contributed by atoms with Gasteiger partial charge in [-0.05, 0) is 35.2 Å². The fourth-order valence-electron chi connectivity index (χ4n) is 2.23. The van der Waals surface area contributed by atoms with Gasteiger partial charge in [-0.3, -0.25) is 4.98 Å². The van der Waals surface area contributed by atoms with Crippen LogP contribution in [0.3, 0.4) is 0 Å². The zero-order valence-electron chi connectivity index (χ0n) is 11.2. The molecule has 0 saturated heterocycles. The van der Waals surface area contributed by atoms with Gasteiger partial charge in [0, 0.05) is 24.3 Å². The summed E-state index contributed by atoms with van der Waals surface area (Å²) in [5.41, 5.74) is 1.61. The Balaban J connectivity index is 1.84. The number of fused-ring (bicyclic) bond motifs is 1. The highest BCUT2D eigenvalue weighted by Gasteiger charge is 2.07. The van der Waals surface area contributed by atoms with Crippen molar-refractivity contribution in [3.8, 4) is 6.07 Å². The summed E-state index contributed by atoms with van der Waals surface area (Å²) >= 11 is 0. The number of nitrogens with one attached hydrogen (secondary N) is 1. The number of pyridine rings is 1. The van der Waals surface area contributed by atoms with Gasteiger partial charge in [0.2, 0.25) is 0 Å². The maximum atomic E-state index is 13.5. The summed E-state index contributed by atoms with van der Waals surface area (Å²) in [5.74, 6) is -0.507. The van der Waals surface area contributed by atoms with E-state index in [4.69, 9.17) is 5.26 Å². The molecule has 1 aromatic heterocycles. The molecular formula is C17H12FN3. The fraction of sp³-hybridized carbons (Fsp3) is 0.0588. The van der Waals surface area contributed by atoms with Crippen LogP contribution in [0, 0.1) is 17.1 Å². The van der Waals surface area contributed by atoms with Gasteiger partial charge in [-0.15, -0.1) is 0 Å². The van der Waals surface area contributed by atoms with Crippen LogP contribution in [0.5, 0.6) is 0 Å². The number of anilines is 1. The number of nitriles is 1. The topological polar surface area (TPSA) is 48.7 Å². The molecule has 21 heavy (non-hydrogen) atoms. The minimum Gasteiger partial charge on any atom is -0.380 e. The average molecular weight is 277 g/mol. The first-order valence-corrected chi connectivity index (χ1v) is 6.53. The SMILES string of the molecule is N#Cc1c(F)cccc1NCc1ccc2cnccc2c1. The maximum absolute atomic E-state index is 13.5. The minimum atomic E-state index is -0.507. The third-order valence-electron chi connectivity index (χ3n) is 3.31. The van der Waals surface area contributed by atoms with Gasteiger partial charge in [0.25, 0.3) is 0 Å². The van der Waals surface area contributed by atoms with Gasteiger partial charge in [0.05, 0.1) is 5.69 Å². The number of hydrogen-bond acceptors (Lipinski definition) is 3. The van der Waals surface area contributed by atoms with Crippen molar-refractivity contribution < 1.29 is 4.39 Å². The van der Waals surface area contributed by atoms with Crippen molar-refractivity contribution in [3.63, 3.8) is 0 Å². The first-order chi connectivity index (χ1) is 10.3. The van der Waals surface area contributed by atoms with E-state index < -0.39 is 5.82 Å². The van der Waals surface area contributed by atoms with Crippen LogP contribution in [0.25, 0.3) is 10.8 Å². The van der Waals surface area contributed by atoms with Crippen LogP contribution in [0.2, 0.25) is 0 Å². The van der Waals surface area contributed by atoms with Crippen LogP contribution < -0.4 is 5.32 Å². The molecule has 0 radical (unpaired) electrons. The van der Waals surface area contributed by atoms with E-state index in [1.165, 1.54) is 6.07 Å². The molecule has 2 aromatic carbocycles. The molecule has 3 rings (SSSR count). The van der Waals surface area contributed by atoms with Crippen LogP contribution >= 0.6 is 0 Å². The maximum Gasteiger partial charge on any atom is 0.143 e. The summed E-state index contributed by atoms with van der Waals surface area (Å²) in [6.07, 6.45) is 3.56. The molecule has 0 aliphatic rings. The summed E-state index contributed by atoms with van der Waals surface area (Å²) < 4.78 is 13.5. The van der Waals surface area contributed by atoms with Crippen molar-refractivity contribution in [2.75, 3.05) is 5.32 Å². The van der Waals surface area contributed by atoms with E-state index in [-0.39, 0.29) is 5.56 Å². The third-order valence-corrected chi connectivity index (χ3v) is 3.31. The highest BCUT2D eigenvalue weighted by atomic mass is 19.1. The zero-order chi connectivity index (χ0) is 14.7. The Labute approximate surface area is 121 Å². The average Bonchev–Trinajstić information content (AvgIpc) is 2.52. The van der Waals surface area contributed by atoms with E-state index in [0.717, 1.165) is 16.3 Å². The summed E-state index contributed by atoms with van der Waals surface area (Å²) in [5, 5.41) is 14.3. The fourth-order valence-corrected chi connectivity index (χ4v) is 2.23. The number of rotatable bonds is 3. The number of nitrogens with zero attached hydrogens (tertiary/aromatic N) is 2. The molecule has 102 valence electrons. The standard InChI is InChI=1S/C17H12FN3/c18-16-2-1-3-17(15(16)9-19)21-10-12-4-5-14-11-20-7-6-13(14)8-12/h1-8,11,21H,10H2. The molecule has 0 unspecified atom stereocenters. The molecule has 0 amide bonds. The van der Waals surface area contributed by atoms with E-state index in [2.05, 4.69) is 16.4 Å². The van der Waals surface area contributed by atoms with E-state index in [1.807, 2.05) is 30.5 Å². The molecular weight excluding hydrogens is 265 g/mol. The molecule has 0 aliphatic heterocycles. The van der Waals surface area contributed by atoms with Crippen molar-refractivity contribution in [1.82, 2.24) is 4.98 Å². The van der Waals surface area contributed by atoms with E-state index in [0.29, 0.717) is 12.2 Å². The van der Waals surface area contributed by atoms with Crippen LogP contribution in [-0.4, -0.2) is 4.98 Å². The molecule has 0 fully saturated rings. The number of halogens is 1. The quantitative estimate of drug-likeness (QED) is 0.791. The summed E-state index contributed by atoms with van der Waals surface area (Å²) in [6.45, 7) is 0.524. The predicted octanol–water partition coefficient (Wildman–Crippen LogP) is 3.86. The van der Waals surface area contributed by atoms with Gasteiger partial charge >= 0.3 is 0 Å². The van der Waals surface area contributed by atoms with E-state index in [9.17, 15) is 4.39 Å². The Morgan fingerprint density at radius 3 is 2.90 bits per heavy atom. The Hall–Kier alpha value is -2.93. The van der Waals surface area contributed by atoms with Crippen molar-refractivity contribution >= 4 is 16.5 Å². The van der Waals surface area contributed by atoms with Crippen molar-refractivity contribution in [2.24, 2.45) is 0 Å². The molecule has 3 nitrogen and oxygen atoms in total. The van der Waals surface area contributed by atoms with Crippen LogP contribution in [-0.2, 0) is 6.54 Å². The predicted molar refractivity (Wildman–Crippen MR) is 80.2 cm³/mol. The number of benzene rings is 2. The molecule has 0 bridgehead atoms. The van der Waals surface area contributed by atoms with Gasteiger partial charge in [-0.25, -0.2) is 4.39 Å². The lowest BCUT2D eigenvalue weighted by Gasteiger charge is -2.09. The molecule has 3 aromatic rings. The first-order valence-electron chi connectivity index (χ1n) is 6.53. The second-order valence-electron chi connectivity index (χ2n) is 4.68. The summed E-state index contributed by atoms with van der Waals surface area (Å²) in [7, 11) is 0. The van der Waals surface area contributed by atoms with Crippen molar-refractivity contribution in [1.29, 1.82) is 5.26 Å². The molecule has 0 spiro atoms. The monoisotopic (exact) mass is 277 g/mol. The van der Waals surface area contributed by atoms with Crippen molar-refractivity contribution in [3.05, 3.63) is 71.8 Å². The van der Waals surface area contributed by atoms with Gasteiger partial charge in [-0.1, -0.05) is 18.2 Å². The Kier molecular flexibility index (Phi) is 3.48. The normalized spacial score (nSPS) is 10.3. The summed E-state index contributed by atoms with van der Waals surface area (Å²) in [6, 6.07) is 14.4. The minimum absolute atomic E-state index is 0.0440. The number of aromatic nitrogens is 1. The lowest BCUT2D eigenvalue weighted by molar-refractivity contribution is 0.624. The second kappa shape index (κ2) is 5.59. The summed E-state index contributed by atoms with van der Waals surface area (Å²) in [4.78, 5) is 4.08. The van der Waals surface area contributed by atoms with Gasteiger partial charge in [0.1, 0.15) is 17.4 Å². The van der Waals surface area contributed by atoms with Crippen LogP contribution in [0.15, 0.2) is 54.9 Å². The smallest absolute Gasteiger partial charge is 0.143 e.